The first-order valence-electron chi connectivity index (χ1n) is 16.2. The summed E-state index contributed by atoms with van der Waals surface area (Å²) in [6, 6.07) is 51.0. The van der Waals surface area contributed by atoms with Gasteiger partial charge < -0.3 is 18.6 Å². The van der Waals surface area contributed by atoms with Gasteiger partial charge in [-0.2, -0.15) is 0 Å². The van der Waals surface area contributed by atoms with Crippen LogP contribution in [-0.2, 0) is 9.31 Å². The van der Waals surface area contributed by atoms with Crippen LogP contribution in [0.5, 0.6) is 0 Å². The Bertz CT molecular complexity index is 2190. The van der Waals surface area contributed by atoms with E-state index in [-0.39, 0.29) is 0 Å². The molecule has 1 aliphatic rings. The predicted molar refractivity (Wildman–Crippen MR) is 195 cm³/mol. The maximum atomic E-state index is 6.61. The first-order chi connectivity index (χ1) is 22.8. The molecule has 0 aliphatic carbocycles. The number of furan rings is 1. The fourth-order valence-electron chi connectivity index (χ4n) is 6.48. The molecule has 1 aromatic heterocycles. The molecule has 0 amide bonds. The normalized spacial score (nSPS) is 15.4. The minimum Gasteiger partial charge on any atom is -0.456 e. The molecule has 0 radical (unpaired) electrons. The van der Waals surface area contributed by atoms with Crippen LogP contribution in [0.25, 0.3) is 44.2 Å². The molecule has 2 heterocycles. The van der Waals surface area contributed by atoms with Gasteiger partial charge in [0.25, 0.3) is 0 Å². The third-order valence-electron chi connectivity index (χ3n) is 9.68. The van der Waals surface area contributed by atoms with Gasteiger partial charge in [-0.25, -0.2) is 0 Å². The van der Waals surface area contributed by atoms with Crippen LogP contribution in [0, 0.1) is 0 Å². The second-order valence-electron chi connectivity index (χ2n) is 13.3. The van der Waals surface area contributed by atoms with E-state index in [1.54, 1.807) is 0 Å². The average Bonchev–Trinajstić information content (AvgIpc) is 3.58. The van der Waals surface area contributed by atoms with E-state index in [2.05, 4.69) is 148 Å². The van der Waals surface area contributed by atoms with Crippen molar-refractivity contribution in [1.29, 1.82) is 0 Å². The maximum absolute atomic E-state index is 6.61. The second-order valence-corrected chi connectivity index (χ2v) is 13.3. The van der Waals surface area contributed by atoms with Crippen molar-refractivity contribution in [3.05, 3.63) is 146 Å². The lowest BCUT2D eigenvalue weighted by Crippen LogP contribution is -2.41. The Hall–Kier alpha value is -5.10. The highest BCUT2D eigenvalue weighted by Gasteiger charge is 2.52. The maximum Gasteiger partial charge on any atom is 0.494 e. The van der Waals surface area contributed by atoms with Gasteiger partial charge in [-0.05, 0) is 97.9 Å². The van der Waals surface area contributed by atoms with Crippen LogP contribution in [0.4, 0.5) is 17.1 Å². The number of nitrogens with zero attached hydrogens (tertiary/aromatic N) is 1. The highest BCUT2D eigenvalue weighted by molar-refractivity contribution is 6.62. The monoisotopic (exact) mass is 613 g/mol. The summed E-state index contributed by atoms with van der Waals surface area (Å²) < 4.78 is 19.6. The lowest BCUT2D eigenvalue weighted by atomic mass is 9.77. The molecule has 1 aliphatic heterocycles. The Morgan fingerprint density at radius 1 is 0.489 bits per heavy atom. The van der Waals surface area contributed by atoms with Crippen LogP contribution < -0.4 is 10.4 Å². The van der Waals surface area contributed by atoms with Crippen molar-refractivity contribution in [3.63, 3.8) is 0 Å². The van der Waals surface area contributed by atoms with Crippen molar-refractivity contribution in [3.8, 4) is 22.3 Å². The average molecular weight is 614 g/mol. The summed E-state index contributed by atoms with van der Waals surface area (Å²) in [5.41, 5.74) is 9.38. The molecule has 0 N–H and O–H groups in total. The van der Waals surface area contributed by atoms with Crippen LogP contribution >= 0.6 is 0 Å². The number of para-hydroxylation sites is 1. The molecule has 1 fully saturated rings. The summed E-state index contributed by atoms with van der Waals surface area (Å²) in [6.07, 6.45) is 0. The molecule has 0 saturated carbocycles. The minimum absolute atomic E-state index is 0.463. The zero-order valence-electron chi connectivity index (χ0n) is 27.1. The number of anilines is 3. The molecule has 230 valence electrons. The van der Waals surface area contributed by atoms with Crippen LogP contribution in [0.3, 0.4) is 0 Å². The van der Waals surface area contributed by atoms with Crippen molar-refractivity contribution >= 4 is 51.6 Å². The van der Waals surface area contributed by atoms with Crippen molar-refractivity contribution < 1.29 is 13.7 Å². The van der Waals surface area contributed by atoms with Crippen molar-refractivity contribution in [2.24, 2.45) is 0 Å². The fraction of sp³-hybridized carbons (Fsp3) is 0.143. The van der Waals surface area contributed by atoms with E-state index < -0.39 is 18.3 Å². The molecule has 0 spiro atoms. The number of fused-ring (bicyclic) bond motifs is 3. The molecule has 0 atom stereocenters. The summed E-state index contributed by atoms with van der Waals surface area (Å²) >= 11 is 0. The quantitative estimate of drug-likeness (QED) is 0.175. The molecule has 0 bridgehead atoms. The van der Waals surface area contributed by atoms with Gasteiger partial charge in [-0.15, -0.1) is 0 Å². The first-order valence-corrected chi connectivity index (χ1v) is 16.2. The highest BCUT2D eigenvalue weighted by atomic mass is 16.7. The fourth-order valence-corrected chi connectivity index (χ4v) is 6.48. The van der Waals surface area contributed by atoms with Gasteiger partial charge >= 0.3 is 7.12 Å². The van der Waals surface area contributed by atoms with E-state index in [0.717, 1.165) is 61.2 Å². The van der Waals surface area contributed by atoms with E-state index in [9.17, 15) is 0 Å². The number of benzene rings is 6. The van der Waals surface area contributed by atoms with Crippen molar-refractivity contribution in [1.82, 2.24) is 0 Å². The Kier molecular flexibility index (Phi) is 7.05. The van der Waals surface area contributed by atoms with Gasteiger partial charge in [0.05, 0.1) is 22.3 Å². The Morgan fingerprint density at radius 2 is 1.06 bits per heavy atom. The number of rotatable bonds is 6. The molecule has 4 nitrogen and oxygen atoms in total. The molecule has 7 aromatic rings. The zero-order chi connectivity index (χ0) is 32.2. The highest BCUT2D eigenvalue weighted by Crippen LogP contribution is 2.44. The number of hydrogen-bond acceptors (Lipinski definition) is 4. The molecule has 47 heavy (non-hydrogen) atoms. The second kappa shape index (κ2) is 11.3. The van der Waals surface area contributed by atoms with Crippen molar-refractivity contribution in [2.75, 3.05) is 4.90 Å². The predicted octanol–water partition coefficient (Wildman–Crippen LogP) is 10.7. The summed E-state index contributed by atoms with van der Waals surface area (Å²) in [5, 5.41) is 2.15. The van der Waals surface area contributed by atoms with Crippen LogP contribution in [0.2, 0.25) is 0 Å². The topological polar surface area (TPSA) is 34.8 Å². The van der Waals surface area contributed by atoms with Crippen molar-refractivity contribution in [2.45, 2.75) is 38.9 Å². The molecule has 8 rings (SSSR count). The molecular weight excluding hydrogens is 577 g/mol. The zero-order valence-corrected chi connectivity index (χ0v) is 27.1. The van der Waals surface area contributed by atoms with Crippen LogP contribution in [0.15, 0.2) is 150 Å². The minimum atomic E-state index is -0.518. The van der Waals surface area contributed by atoms with Crippen LogP contribution in [0.1, 0.15) is 27.7 Å². The number of hydrogen-bond donors (Lipinski definition) is 0. The van der Waals surface area contributed by atoms with Gasteiger partial charge in [-0.3, -0.25) is 0 Å². The lowest BCUT2D eigenvalue weighted by molar-refractivity contribution is 0.00578. The lowest BCUT2D eigenvalue weighted by Gasteiger charge is -2.32. The Morgan fingerprint density at radius 3 is 1.74 bits per heavy atom. The molecule has 5 heteroatoms. The summed E-state index contributed by atoms with van der Waals surface area (Å²) in [6.45, 7) is 8.39. The molecular formula is C42H36BNO3. The third kappa shape index (κ3) is 5.22. The smallest absolute Gasteiger partial charge is 0.456 e. The molecule has 0 unspecified atom stereocenters. The van der Waals surface area contributed by atoms with E-state index in [0.29, 0.717) is 0 Å². The van der Waals surface area contributed by atoms with Gasteiger partial charge in [0.2, 0.25) is 0 Å². The standard InChI is InChI=1S/C42H36BNO3/c1-41(2)42(3,4)47-43(46-41)33-26-32(30-16-9-6-10-17-30)27-35(28-33)44(34-24-22-31(23-25-34)29-14-7-5-8-15-29)37-19-13-21-39-40(37)36-18-11-12-20-38(36)45-39/h5-28H,1-4H3. The Labute approximate surface area is 276 Å². The third-order valence-corrected chi connectivity index (χ3v) is 9.68. The molecule has 1 saturated heterocycles. The first kappa shape index (κ1) is 29.3. The summed E-state index contributed by atoms with van der Waals surface area (Å²) in [7, 11) is -0.518. The van der Waals surface area contributed by atoms with Crippen LogP contribution in [-0.4, -0.2) is 18.3 Å². The Balaban J connectivity index is 1.37. The molecule has 6 aromatic carbocycles. The largest absolute Gasteiger partial charge is 0.494 e. The van der Waals surface area contributed by atoms with Gasteiger partial charge in [0, 0.05) is 16.8 Å². The van der Waals surface area contributed by atoms with E-state index in [4.69, 9.17) is 13.7 Å². The van der Waals surface area contributed by atoms with E-state index in [1.165, 1.54) is 5.56 Å². The summed E-state index contributed by atoms with van der Waals surface area (Å²) in [4.78, 5) is 2.33. The van der Waals surface area contributed by atoms with Gasteiger partial charge in [0.15, 0.2) is 0 Å². The van der Waals surface area contributed by atoms with E-state index >= 15 is 0 Å². The van der Waals surface area contributed by atoms with Gasteiger partial charge in [0.1, 0.15) is 11.2 Å². The SMILES string of the molecule is CC1(C)OB(c2cc(-c3ccccc3)cc(N(c3ccc(-c4ccccc4)cc3)c3cccc4oc5ccccc5c34)c2)OC1(C)C. The van der Waals surface area contributed by atoms with E-state index in [1.807, 2.05) is 30.3 Å². The van der Waals surface area contributed by atoms with Gasteiger partial charge in [-0.1, -0.05) is 103 Å². The summed E-state index contributed by atoms with van der Waals surface area (Å²) in [5.74, 6) is 0.